The maximum Gasteiger partial charge on any atom is 0.253 e. The fourth-order valence-corrected chi connectivity index (χ4v) is 1.76. The number of carbonyl (C=O) groups is 1. The zero-order valence-electron chi connectivity index (χ0n) is 10.9. The van der Waals surface area contributed by atoms with Gasteiger partial charge in [0, 0.05) is 6.20 Å². The molecule has 2 heterocycles. The quantitative estimate of drug-likeness (QED) is 0.878. The summed E-state index contributed by atoms with van der Waals surface area (Å²) in [6.45, 7) is 3.66. The van der Waals surface area contributed by atoms with Gasteiger partial charge in [0.2, 0.25) is 0 Å². The van der Waals surface area contributed by atoms with Crippen LogP contribution >= 0.6 is 0 Å². The van der Waals surface area contributed by atoms with Crippen molar-refractivity contribution in [1.29, 1.82) is 0 Å². The minimum absolute atomic E-state index is 0.172. The van der Waals surface area contributed by atoms with E-state index in [4.69, 9.17) is 5.73 Å². The average molecular weight is 256 g/mol. The lowest BCUT2D eigenvalue weighted by Gasteiger charge is -2.14. The first-order valence-electron chi connectivity index (χ1n) is 6.02. The summed E-state index contributed by atoms with van der Waals surface area (Å²) in [4.78, 5) is 20.5. The third kappa shape index (κ3) is 3.07. The van der Waals surface area contributed by atoms with Crippen molar-refractivity contribution >= 4 is 11.6 Å². The Labute approximate surface area is 111 Å². The fraction of sp³-hybridized carbons (Fsp3) is 0.214. The van der Waals surface area contributed by atoms with Gasteiger partial charge in [0.05, 0.1) is 34.9 Å². The third-order valence-electron chi connectivity index (χ3n) is 2.83. The Morgan fingerprint density at radius 1 is 1.37 bits per heavy atom. The lowest BCUT2D eigenvalue weighted by Crippen LogP contribution is -2.28. The average Bonchev–Trinajstić information content (AvgIpc) is 2.42. The van der Waals surface area contributed by atoms with Crippen molar-refractivity contribution in [1.82, 2.24) is 15.3 Å². The molecule has 2 aromatic heterocycles. The monoisotopic (exact) mass is 256 g/mol. The summed E-state index contributed by atoms with van der Waals surface area (Å²) in [5, 5.41) is 2.88. The first kappa shape index (κ1) is 13.0. The standard InChI is InChI=1S/C14H16N4O/c1-9-12(7-11(15)8-17-9)14(19)18-10(2)13-5-3-4-6-16-13/h3-8,10H,15H2,1-2H3,(H,18,19). The lowest BCUT2D eigenvalue weighted by atomic mass is 10.1. The molecule has 0 fully saturated rings. The highest BCUT2D eigenvalue weighted by atomic mass is 16.1. The number of aryl methyl sites for hydroxylation is 1. The highest BCUT2D eigenvalue weighted by Gasteiger charge is 2.14. The van der Waals surface area contributed by atoms with Crippen molar-refractivity contribution in [2.24, 2.45) is 0 Å². The summed E-state index contributed by atoms with van der Waals surface area (Å²) in [6.07, 6.45) is 3.24. The van der Waals surface area contributed by atoms with E-state index in [9.17, 15) is 4.79 Å². The van der Waals surface area contributed by atoms with Crippen molar-refractivity contribution in [3.05, 3.63) is 53.6 Å². The van der Waals surface area contributed by atoms with E-state index in [1.807, 2.05) is 25.1 Å². The van der Waals surface area contributed by atoms with Crippen LogP contribution in [0.3, 0.4) is 0 Å². The Morgan fingerprint density at radius 2 is 2.16 bits per heavy atom. The van der Waals surface area contributed by atoms with Crippen molar-refractivity contribution < 1.29 is 4.79 Å². The topological polar surface area (TPSA) is 80.9 Å². The lowest BCUT2D eigenvalue weighted by molar-refractivity contribution is 0.0938. The molecule has 1 atom stereocenters. The van der Waals surface area contributed by atoms with Crippen molar-refractivity contribution in [2.45, 2.75) is 19.9 Å². The highest BCUT2D eigenvalue weighted by molar-refractivity contribution is 5.96. The second-order valence-electron chi connectivity index (χ2n) is 4.35. The Morgan fingerprint density at radius 3 is 2.84 bits per heavy atom. The molecule has 2 aromatic rings. The molecule has 5 nitrogen and oxygen atoms in total. The van der Waals surface area contributed by atoms with E-state index in [-0.39, 0.29) is 11.9 Å². The summed E-state index contributed by atoms with van der Waals surface area (Å²) in [5.74, 6) is -0.199. The van der Waals surface area contributed by atoms with E-state index in [1.54, 1.807) is 19.2 Å². The second kappa shape index (κ2) is 5.48. The molecule has 98 valence electrons. The normalized spacial score (nSPS) is 11.9. The van der Waals surface area contributed by atoms with Crippen LogP contribution in [0.2, 0.25) is 0 Å². The number of nitrogens with zero attached hydrogens (tertiary/aromatic N) is 2. The predicted octanol–water partition coefficient (Wildman–Crippen LogP) is 1.86. The fourth-order valence-electron chi connectivity index (χ4n) is 1.76. The van der Waals surface area contributed by atoms with Gasteiger partial charge in [0.15, 0.2) is 0 Å². The Kier molecular flexibility index (Phi) is 3.75. The molecule has 5 heteroatoms. The van der Waals surface area contributed by atoms with Gasteiger partial charge >= 0.3 is 0 Å². The van der Waals surface area contributed by atoms with E-state index >= 15 is 0 Å². The van der Waals surface area contributed by atoms with E-state index in [2.05, 4.69) is 15.3 Å². The number of aromatic nitrogens is 2. The molecule has 0 spiro atoms. The number of nitrogens with two attached hydrogens (primary N) is 1. The number of hydrogen-bond acceptors (Lipinski definition) is 4. The largest absolute Gasteiger partial charge is 0.397 e. The first-order chi connectivity index (χ1) is 9.08. The maximum atomic E-state index is 12.2. The number of hydrogen-bond donors (Lipinski definition) is 2. The summed E-state index contributed by atoms with van der Waals surface area (Å²) in [7, 11) is 0. The second-order valence-corrected chi connectivity index (χ2v) is 4.35. The van der Waals surface area contributed by atoms with Gasteiger partial charge in [-0.15, -0.1) is 0 Å². The molecular weight excluding hydrogens is 240 g/mol. The first-order valence-corrected chi connectivity index (χ1v) is 6.02. The van der Waals surface area contributed by atoms with Crippen LogP contribution in [0.5, 0.6) is 0 Å². The summed E-state index contributed by atoms with van der Waals surface area (Å²) < 4.78 is 0. The van der Waals surface area contributed by atoms with Gasteiger partial charge in [-0.05, 0) is 32.0 Å². The van der Waals surface area contributed by atoms with E-state index in [0.717, 1.165) is 5.69 Å². The van der Waals surface area contributed by atoms with Gasteiger partial charge in [0.25, 0.3) is 5.91 Å². The number of rotatable bonds is 3. The number of nitrogen functional groups attached to an aromatic ring is 1. The molecular formula is C14H16N4O. The molecule has 19 heavy (non-hydrogen) atoms. The van der Waals surface area contributed by atoms with Crippen molar-refractivity contribution in [2.75, 3.05) is 5.73 Å². The Balaban J connectivity index is 2.15. The van der Waals surface area contributed by atoms with E-state index in [0.29, 0.717) is 16.9 Å². The molecule has 0 radical (unpaired) electrons. The molecule has 0 saturated heterocycles. The Hall–Kier alpha value is -2.43. The molecule has 0 aromatic carbocycles. The molecule has 1 amide bonds. The van der Waals surface area contributed by atoms with Crippen molar-refractivity contribution in [3.63, 3.8) is 0 Å². The number of nitrogens with one attached hydrogen (secondary N) is 1. The number of amides is 1. The van der Waals surface area contributed by atoms with Crippen LogP contribution in [0.4, 0.5) is 5.69 Å². The van der Waals surface area contributed by atoms with Gasteiger partial charge in [-0.3, -0.25) is 14.8 Å². The molecule has 0 bridgehead atoms. The van der Waals surface area contributed by atoms with Crippen LogP contribution in [0, 0.1) is 6.92 Å². The number of pyridine rings is 2. The van der Waals surface area contributed by atoms with Gasteiger partial charge in [-0.1, -0.05) is 6.07 Å². The summed E-state index contributed by atoms with van der Waals surface area (Å²) in [5.41, 5.74) is 8.08. The summed E-state index contributed by atoms with van der Waals surface area (Å²) in [6, 6.07) is 7.05. The molecule has 3 N–H and O–H groups in total. The van der Waals surface area contributed by atoms with E-state index < -0.39 is 0 Å². The molecule has 0 aliphatic heterocycles. The minimum atomic E-state index is -0.199. The molecule has 0 saturated carbocycles. The summed E-state index contributed by atoms with van der Waals surface area (Å²) >= 11 is 0. The molecule has 2 rings (SSSR count). The predicted molar refractivity (Wildman–Crippen MR) is 73.5 cm³/mol. The van der Waals surface area contributed by atoms with Crippen LogP contribution in [0.1, 0.15) is 34.7 Å². The van der Waals surface area contributed by atoms with Crippen molar-refractivity contribution in [3.8, 4) is 0 Å². The van der Waals surface area contributed by atoms with Crippen LogP contribution in [-0.4, -0.2) is 15.9 Å². The Bertz CT molecular complexity index is 583. The van der Waals surface area contributed by atoms with E-state index in [1.165, 1.54) is 6.20 Å². The van der Waals surface area contributed by atoms with Crippen LogP contribution in [0.15, 0.2) is 36.7 Å². The van der Waals surface area contributed by atoms with Crippen LogP contribution in [0.25, 0.3) is 0 Å². The number of carbonyl (C=O) groups excluding carboxylic acids is 1. The van der Waals surface area contributed by atoms with Gasteiger partial charge in [-0.2, -0.15) is 0 Å². The SMILES string of the molecule is Cc1ncc(N)cc1C(=O)NC(C)c1ccccn1. The van der Waals surface area contributed by atoms with Crippen LogP contribution < -0.4 is 11.1 Å². The van der Waals surface area contributed by atoms with Gasteiger partial charge < -0.3 is 11.1 Å². The van der Waals surface area contributed by atoms with Gasteiger partial charge in [-0.25, -0.2) is 0 Å². The zero-order valence-corrected chi connectivity index (χ0v) is 10.9. The van der Waals surface area contributed by atoms with Gasteiger partial charge in [0.1, 0.15) is 0 Å². The maximum absolute atomic E-state index is 12.2. The number of anilines is 1. The highest BCUT2D eigenvalue weighted by Crippen LogP contribution is 2.13. The van der Waals surface area contributed by atoms with Crippen LogP contribution in [-0.2, 0) is 0 Å². The third-order valence-corrected chi connectivity index (χ3v) is 2.83. The smallest absolute Gasteiger partial charge is 0.253 e. The minimum Gasteiger partial charge on any atom is -0.397 e. The molecule has 0 aliphatic carbocycles. The zero-order chi connectivity index (χ0) is 13.8. The molecule has 0 aliphatic rings. The molecule has 1 unspecified atom stereocenters.